The Morgan fingerprint density at radius 2 is 2.07 bits per heavy atom. The second kappa shape index (κ2) is 6.64. The highest BCUT2D eigenvalue weighted by Crippen LogP contribution is 2.45. The van der Waals surface area contributed by atoms with Crippen LogP contribution in [0.4, 0.5) is 4.39 Å². The van der Waals surface area contributed by atoms with Gasteiger partial charge in [0.25, 0.3) is 5.91 Å². The predicted molar refractivity (Wildman–Crippen MR) is 97.7 cm³/mol. The molecule has 0 radical (unpaired) electrons. The minimum Gasteiger partial charge on any atom is -0.336 e. The first-order valence-corrected chi connectivity index (χ1v) is 9.27. The lowest BCUT2D eigenvalue weighted by atomic mass is 9.89. The fourth-order valence-corrected chi connectivity index (χ4v) is 4.52. The number of aromatic nitrogens is 2. The number of nitrogens with zero attached hydrogens (tertiary/aromatic N) is 3. The Bertz CT molecular complexity index is 915. The molecule has 2 aliphatic rings. The standard InChI is InChI=1S/C19H20ClFN4O2/c1-10-16(20)17(23-22-10)19(27)24-7-13-8-25(11(2)26)18(15(13)9-24)12-4-3-5-14(21)6-12/h3-6,13,15,18H,7-9H2,1-2H3,(H,22,23)/t13-,15-,18+/m1/s1. The van der Waals surface area contributed by atoms with Crippen molar-refractivity contribution in [3.8, 4) is 0 Å². The molecule has 3 atom stereocenters. The van der Waals surface area contributed by atoms with Crippen LogP contribution in [0.5, 0.6) is 0 Å². The number of likely N-dealkylation sites (tertiary alicyclic amines) is 2. The molecule has 1 aromatic heterocycles. The second-order valence-corrected chi connectivity index (χ2v) is 7.69. The van der Waals surface area contributed by atoms with Crippen LogP contribution in [0.1, 0.15) is 34.7 Å². The molecule has 2 aliphatic heterocycles. The Hall–Kier alpha value is -2.41. The first-order chi connectivity index (χ1) is 12.9. The fraction of sp³-hybridized carbons (Fsp3) is 0.421. The smallest absolute Gasteiger partial charge is 0.275 e. The number of hydrogen-bond acceptors (Lipinski definition) is 3. The number of halogens is 2. The molecule has 0 unspecified atom stereocenters. The van der Waals surface area contributed by atoms with E-state index in [1.807, 2.05) is 6.07 Å². The van der Waals surface area contributed by atoms with Crippen molar-refractivity contribution >= 4 is 23.4 Å². The summed E-state index contributed by atoms with van der Waals surface area (Å²) in [7, 11) is 0. The third kappa shape index (κ3) is 3.00. The summed E-state index contributed by atoms with van der Waals surface area (Å²) in [5.74, 6) is -0.388. The van der Waals surface area contributed by atoms with Gasteiger partial charge >= 0.3 is 0 Å². The van der Waals surface area contributed by atoms with Crippen LogP contribution in [0.25, 0.3) is 0 Å². The molecule has 27 heavy (non-hydrogen) atoms. The third-order valence-electron chi connectivity index (χ3n) is 5.62. The molecule has 1 aromatic carbocycles. The van der Waals surface area contributed by atoms with Crippen LogP contribution in [0.2, 0.25) is 5.02 Å². The van der Waals surface area contributed by atoms with E-state index in [2.05, 4.69) is 10.2 Å². The number of benzene rings is 1. The zero-order valence-electron chi connectivity index (χ0n) is 15.1. The van der Waals surface area contributed by atoms with Gasteiger partial charge in [0.15, 0.2) is 5.69 Å². The molecule has 6 nitrogen and oxygen atoms in total. The van der Waals surface area contributed by atoms with Gasteiger partial charge in [-0.05, 0) is 24.6 Å². The number of aryl methyl sites for hydroxylation is 1. The zero-order valence-corrected chi connectivity index (χ0v) is 15.8. The van der Waals surface area contributed by atoms with Gasteiger partial charge in [0, 0.05) is 38.4 Å². The normalized spacial score (nSPS) is 24.4. The highest BCUT2D eigenvalue weighted by Gasteiger charge is 2.49. The molecule has 142 valence electrons. The number of H-pyrrole nitrogens is 1. The van der Waals surface area contributed by atoms with Crippen molar-refractivity contribution in [1.82, 2.24) is 20.0 Å². The molecule has 0 aliphatic carbocycles. The Morgan fingerprint density at radius 1 is 1.30 bits per heavy atom. The van der Waals surface area contributed by atoms with Gasteiger partial charge in [-0.2, -0.15) is 5.10 Å². The maximum atomic E-state index is 13.8. The van der Waals surface area contributed by atoms with Gasteiger partial charge in [0.2, 0.25) is 5.91 Å². The highest BCUT2D eigenvalue weighted by molar-refractivity contribution is 6.34. The number of nitrogens with one attached hydrogen (secondary N) is 1. The van der Waals surface area contributed by atoms with Gasteiger partial charge in [-0.25, -0.2) is 4.39 Å². The van der Waals surface area contributed by atoms with Crippen molar-refractivity contribution in [2.24, 2.45) is 11.8 Å². The Morgan fingerprint density at radius 3 is 2.70 bits per heavy atom. The van der Waals surface area contributed by atoms with E-state index in [0.29, 0.717) is 30.4 Å². The number of carbonyl (C=O) groups excluding carboxylic acids is 2. The number of rotatable bonds is 2. The van der Waals surface area contributed by atoms with Crippen LogP contribution >= 0.6 is 11.6 Å². The van der Waals surface area contributed by atoms with E-state index in [-0.39, 0.29) is 41.2 Å². The molecule has 2 saturated heterocycles. The topological polar surface area (TPSA) is 69.3 Å². The Balaban J connectivity index is 1.61. The summed E-state index contributed by atoms with van der Waals surface area (Å²) in [6.07, 6.45) is 0. The molecule has 8 heteroatoms. The van der Waals surface area contributed by atoms with Gasteiger partial charge in [-0.3, -0.25) is 14.7 Å². The molecule has 3 heterocycles. The summed E-state index contributed by atoms with van der Waals surface area (Å²) >= 11 is 6.17. The average Bonchev–Trinajstić information content (AvgIpc) is 3.27. The minimum absolute atomic E-state index is 0.0393. The minimum atomic E-state index is -0.329. The van der Waals surface area contributed by atoms with Gasteiger partial charge in [-0.15, -0.1) is 0 Å². The molecule has 2 aromatic rings. The molecular formula is C19H20ClFN4O2. The number of carbonyl (C=O) groups is 2. The van der Waals surface area contributed by atoms with Gasteiger partial charge in [0.05, 0.1) is 16.8 Å². The summed E-state index contributed by atoms with van der Waals surface area (Å²) in [4.78, 5) is 28.5. The number of aromatic amines is 1. The summed E-state index contributed by atoms with van der Waals surface area (Å²) in [6, 6.07) is 6.12. The van der Waals surface area contributed by atoms with Crippen molar-refractivity contribution in [2.75, 3.05) is 19.6 Å². The van der Waals surface area contributed by atoms with E-state index < -0.39 is 0 Å². The van der Waals surface area contributed by atoms with Crippen LogP contribution in [0, 0.1) is 24.6 Å². The fourth-order valence-electron chi connectivity index (χ4n) is 4.36. The molecule has 0 spiro atoms. The van der Waals surface area contributed by atoms with Crippen LogP contribution in [-0.2, 0) is 4.79 Å². The van der Waals surface area contributed by atoms with Crippen molar-refractivity contribution in [2.45, 2.75) is 19.9 Å². The van der Waals surface area contributed by atoms with Crippen molar-refractivity contribution in [3.63, 3.8) is 0 Å². The first-order valence-electron chi connectivity index (χ1n) is 8.89. The molecule has 4 rings (SSSR count). The monoisotopic (exact) mass is 390 g/mol. The van der Waals surface area contributed by atoms with Crippen molar-refractivity contribution in [1.29, 1.82) is 0 Å². The average molecular weight is 391 g/mol. The Labute approximate surface area is 161 Å². The quantitative estimate of drug-likeness (QED) is 0.857. The van der Waals surface area contributed by atoms with Crippen LogP contribution < -0.4 is 0 Å². The lowest BCUT2D eigenvalue weighted by Gasteiger charge is -2.29. The van der Waals surface area contributed by atoms with E-state index in [1.54, 1.807) is 22.8 Å². The van der Waals surface area contributed by atoms with E-state index >= 15 is 0 Å². The maximum absolute atomic E-state index is 13.8. The summed E-state index contributed by atoms with van der Waals surface area (Å²) in [5, 5.41) is 7.09. The van der Waals surface area contributed by atoms with Gasteiger partial charge in [0.1, 0.15) is 5.82 Å². The van der Waals surface area contributed by atoms with E-state index in [0.717, 1.165) is 5.56 Å². The lowest BCUT2D eigenvalue weighted by molar-refractivity contribution is -0.130. The molecular weight excluding hydrogens is 371 g/mol. The van der Waals surface area contributed by atoms with Crippen molar-refractivity contribution < 1.29 is 14.0 Å². The van der Waals surface area contributed by atoms with E-state index in [4.69, 9.17) is 11.6 Å². The number of hydrogen-bond donors (Lipinski definition) is 1. The third-order valence-corrected chi connectivity index (χ3v) is 6.08. The molecule has 0 saturated carbocycles. The lowest BCUT2D eigenvalue weighted by Crippen LogP contribution is -2.36. The largest absolute Gasteiger partial charge is 0.336 e. The van der Waals surface area contributed by atoms with E-state index in [1.165, 1.54) is 19.1 Å². The maximum Gasteiger partial charge on any atom is 0.275 e. The highest BCUT2D eigenvalue weighted by atomic mass is 35.5. The summed E-state index contributed by atoms with van der Waals surface area (Å²) in [6.45, 7) is 4.86. The Kier molecular flexibility index (Phi) is 4.42. The first kappa shape index (κ1) is 18.0. The summed E-state index contributed by atoms with van der Waals surface area (Å²) in [5.41, 5.74) is 1.64. The summed E-state index contributed by atoms with van der Waals surface area (Å²) < 4.78 is 13.8. The molecule has 2 amide bonds. The zero-order chi connectivity index (χ0) is 19.3. The van der Waals surface area contributed by atoms with Crippen molar-refractivity contribution in [3.05, 3.63) is 52.1 Å². The SMILES string of the molecule is CC(=O)N1C[C@H]2CN(C(=O)c3n[nH]c(C)c3Cl)C[C@H]2[C@@H]1c1cccc(F)c1. The second-order valence-electron chi connectivity index (χ2n) is 7.32. The molecule has 0 bridgehead atoms. The van der Waals surface area contributed by atoms with Crippen LogP contribution in [0.3, 0.4) is 0 Å². The predicted octanol–water partition coefficient (Wildman–Crippen LogP) is 2.80. The van der Waals surface area contributed by atoms with E-state index in [9.17, 15) is 14.0 Å². The van der Waals surface area contributed by atoms with Gasteiger partial charge in [-0.1, -0.05) is 23.7 Å². The number of amides is 2. The molecule has 2 fully saturated rings. The molecule has 1 N–H and O–H groups in total. The van der Waals surface area contributed by atoms with Gasteiger partial charge < -0.3 is 9.80 Å². The van der Waals surface area contributed by atoms with Crippen LogP contribution in [0.15, 0.2) is 24.3 Å². The number of fused-ring (bicyclic) bond motifs is 1. The van der Waals surface area contributed by atoms with Crippen LogP contribution in [-0.4, -0.2) is 51.4 Å².